The number of rotatable bonds is 5. The molecule has 0 aliphatic carbocycles. The number of thioether (sulfide) groups is 1. The molecule has 168 valence electrons. The number of carbonyl (C=O) groups excluding carboxylic acids is 2. The van der Waals surface area contributed by atoms with Gasteiger partial charge < -0.3 is 5.32 Å². The van der Waals surface area contributed by atoms with E-state index in [9.17, 15) is 22.8 Å². The smallest absolute Gasteiger partial charge is 0.325 e. The number of amidine groups is 1. The molecule has 1 N–H and O–H groups in total. The van der Waals surface area contributed by atoms with E-state index in [1.807, 2.05) is 24.3 Å². The lowest BCUT2D eigenvalue weighted by molar-refractivity contribution is -0.137. The minimum Gasteiger partial charge on any atom is -0.325 e. The molecule has 1 atom stereocenters. The summed E-state index contributed by atoms with van der Waals surface area (Å²) in [6, 6.07) is 22.7. The lowest BCUT2D eigenvalue weighted by atomic mass is 10.1. The molecular formula is C24H18F3N3O2S. The molecule has 33 heavy (non-hydrogen) atoms. The van der Waals surface area contributed by atoms with Gasteiger partial charge in [-0.15, -0.1) is 0 Å². The van der Waals surface area contributed by atoms with Gasteiger partial charge >= 0.3 is 6.18 Å². The van der Waals surface area contributed by atoms with E-state index >= 15 is 0 Å². The molecule has 3 aromatic rings. The van der Waals surface area contributed by atoms with Crippen LogP contribution in [-0.4, -0.2) is 22.2 Å². The van der Waals surface area contributed by atoms with Crippen LogP contribution in [0.2, 0.25) is 0 Å². The Hall–Kier alpha value is -3.59. The van der Waals surface area contributed by atoms with Gasteiger partial charge in [0.2, 0.25) is 11.8 Å². The zero-order valence-corrected chi connectivity index (χ0v) is 17.9. The van der Waals surface area contributed by atoms with E-state index in [0.29, 0.717) is 16.5 Å². The molecule has 0 spiro atoms. The van der Waals surface area contributed by atoms with Crippen LogP contribution in [-0.2, 0) is 15.8 Å². The Morgan fingerprint density at radius 3 is 2.21 bits per heavy atom. The summed E-state index contributed by atoms with van der Waals surface area (Å²) < 4.78 is 39.7. The number of halogens is 3. The summed E-state index contributed by atoms with van der Waals surface area (Å²) in [5.74, 6) is -1.05. The van der Waals surface area contributed by atoms with Crippen LogP contribution in [0.15, 0.2) is 89.9 Å². The molecule has 5 nitrogen and oxygen atoms in total. The van der Waals surface area contributed by atoms with Gasteiger partial charge in [0, 0.05) is 6.42 Å². The van der Waals surface area contributed by atoms with Gasteiger partial charge in [-0.05, 0) is 36.4 Å². The zero-order valence-electron chi connectivity index (χ0n) is 17.1. The zero-order chi connectivity index (χ0) is 23.4. The Kier molecular flexibility index (Phi) is 6.50. The van der Waals surface area contributed by atoms with Gasteiger partial charge in [-0.2, -0.15) is 13.2 Å². The first-order chi connectivity index (χ1) is 15.8. The highest BCUT2D eigenvalue weighted by Crippen LogP contribution is 2.37. The van der Waals surface area contributed by atoms with Crippen LogP contribution in [0.25, 0.3) is 0 Å². The highest BCUT2D eigenvalue weighted by atomic mass is 32.2. The number of anilines is 2. The van der Waals surface area contributed by atoms with Crippen molar-refractivity contribution in [3.8, 4) is 0 Å². The van der Waals surface area contributed by atoms with Crippen molar-refractivity contribution < 1.29 is 22.8 Å². The highest BCUT2D eigenvalue weighted by molar-refractivity contribution is 8.16. The largest absolute Gasteiger partial charge is 0.418 e. The second-order valence-corrected chi connectivity index (χ2v) is 8.31. The molecule has 0 radical (unpaired) electrons. The van der Waals surface area contributed by atoms with Crippen LogP contribution in [0.3, 0.4) is 0 Å². The fourth-order valence-electron chi connectivity index (χ4n) is 3.31. The maximum atomic E-state index is 13.2. The summed E-state index contributed by atoms with van der Waals surface area (Å²) in [5.41, 5.74) is -0.0579. The highest BCUT2D eigenvalue weighted by Gasteiger charge is 2.40. The molecule has 1 saturated heterocycles. The minimum atomic E-state index is -4.61. The van der Waals surface area contributed by atoms with Crippen molar-refractivity contribution >= 4 is 45.8 Å². The average Bonchev–Trinajstić information content (AvgIpc) is 3.09. The molecule has 1 aliphatic rings. The molecule has 0 unspecified atom stereocenters. The number of benzene rings is 3. The Bertz CT molecular complexity index is 1180. The third-order valence-electron chi connectivity index (χ3n) is 4.81. The predicted octanol–water partition coefficient (Wildman–Crippen LogP) is 5.87. The summed E-state index contributed by atoms with van der Waals surface area (Å²) >= 11 is 1.11. The summed E-state index contributed by atoms with van der Waals surface area (Å²) in [6.07, 6.45) is -4.91. The number of carbonyl (C=O) groups is 2. The lowest BCUT2D eigenvalue weighted by Gasteiger charge is -2.16. The monoisotopic (exact) mass is 469 g/mol. The molecule has 1 fully saturated rings. The van der Waals surface area contributed by atoms with Crippen LogP contribution in [0.1, 0.15) is 12.0 Å². The van der Waals surface area contributed by atoms with Crippen molar-refractivity contribution in [2.24, 2.45) is 4.99 Å². The Morgan fingerprint density at radius 1 is 0.939 bits per heavy atom. The first kappa shape index (κ1) is 22.6. The number of nitrogens with one attached hydrogen (secondary N) is 1. The molecule has 0 saturated carbocycles. The summed E-state index contributed by atoms with van der Waals surface area (Å²) in [7, 11) is 0. The molecule has 2 amide bonds. The number of aliphatic imine (C=N–C) groups is 1. The van der Waals surface area contributed by atoms with Crippen molar-refractivity contribution in [2.45, 2.75) is 17.8 Å². The van der Waals surface area contributed by atoms with Crippen molar-refractivity contribution in [3.63, 3.8) is 0 Å². The first-order valence-corrected chi connectivity index (χ1v) is 10.9. The number of hydrogen-bond donors (Lipinski definition) is 1. The van der Waals surface area contributed by atoms with Crippen LogP contribution in [0.4, 0.5) is 30.2 Å². The topological polar surface area (TPSA) is 61.8 Å². The van der Waals surface area contributed by atoms with Crippen LogP contribution < -0.4 is 10.2 Å². The van der Waals surface area contributed by atoms with E-state index in [0.717, 1.165) is 17.8 Å². The quantitative estimate of drug-likeness (QED) is 0.508. The maximum Gasteiger partial charge on any atom is 0.418 e. The number of nitrogens with zero attached hydrogens (tertiary/aromatic N) is 2. The number of para-hydroxylation sites is 3. The van der Waals surface area contributed by atoms with E-state index in [2.05, 4.69) is 10.3 Å². The lowest BCUT2D eigenvalue weighted by Crippen LogP contribution is -2.33. The SMILES string of the molecule is O=C(C[C@@H]1SC(=Nc2ccccc2)N(c2ccccc2)C1=O)Nc1ccccc1C(F)(F)F. The second kappa shape index (κ2) is 9.50. The fraction of sp³-hybridized carbons (Fsp3) is 0.125. The molecule has 1 aliphatic heterocycles. The van der Waals surface area contributed by atoms with Gasteiger partial charge in [0.05, 0.1) is 22.6 Å². The molecule has 9 heteroatoms. The molecule has 3 aromatic carbocycles. The van der Waals surface area contributed by atoms with Crippen LogP contribution >= 0.6 is 11.8 Å². The van der Waals surface area contributed by atoms with Gasteiger partial charge in [0.1, 0.15) is 5.25 Å². The summed E-state index contributed by atoms with van der Waals surface area (Å²) in [4.78, 5) is 31.8. The van der Waals surface area contributed by atoms with Gasteiger partial charge in [-0.25, -0.2) is 4.99 Å². The maximum absolute atomic E-state index is 13.2. The van der Waals surface area contributed by atoms with E-state index in [4.69, 9.17) is 0 Å². The van der Waals surface area contributed by atoms with Crippen molar-refractivity contribution in [2.75, 3.05) is 10.2 Å². The Labute approximate surface area is 192 Å². The third-order valence-corrected chi connectivity index (χ3v) is 5.94. The molecule has 0 aromatic heterocycles. The van der Waals surface area contributed by atoms with Gasteiger partial charge in [0.25, 0.3) is 0 Å². The second-order valence-electron chi connectivity index (χ2n) is 7.14. The average molecular weight is 469 g/mol. The van der Waals surface area contributed by atoms with Gasteiger partial charge in [-0.1, -0.05) is 60.3 Å². The van der Waals surface area contributed by atoms with Crippen molar-refractivity contribution in [1.29, 1.82) is 0 Å². The van der Waals surface area contributed by atoms with E-state index < -0.39 is 22.9 Å². The van der Waals surface area contributed by atoms with Gasteiger partial charge in [0.15, 0.2) is 5.17 Å². The van der Waals surface area contributed by atoms with Crippen molar-refractivity contribution in [3.05, 3.63) is 90.5 Å². The molecule has 1 heterocycles. The molecular weight excluding hydrogens is 451 g/mol. The minimum absolute atomic E-state index is 0.299. The Balaban J connectivity index is 1.57. The van der Waals surface area contributed by atoms with Crippen LogP contribution in [0, 0.1) is 0 Å². The van der Waals surface area contributed by atoms with E-state index in [-0.39, 0.29) is 18.0 Å². The summed E-state index contributed by atoms with van der Waals surface area (Å²) in [6.45, 7) is 0. The number of hydrogen-bond acceptors (Lipinski definition) is 4. The fourth-order valence-corrected chi connectivity index (χ4v) is 4.46. The Morgan fingerprint density at radius 2 is 1.55 bits per heavy atom. The third kappa shape index (κ3) is 5.25. The van der Waals surface area contributed by atoms with E-state index in [1.54, 1.807) is 36.4 Å². The first-order valence-electron chi connectivity index (χ1n) is 9.98. The number of amides is 2. The van der Waals surface area contributed by atoms with Crippen molar-refractivity contribution in [1.82, 2.24) is 0 Å². The normalized spacial score (nSPS) is 17.4. The number of alkyl halides is 3. The van der Waals surface area contributed by atoms with Gasteiger partial charge in [-0.3, -0.25) is 14.5 Å². The standard InChI is InChI=1S/C24H18F3N3O2S/c25-24(26,27)18-13-7-8-14-19(18)29-21(31)15-20-22(32)30(17-11-5-2-6-12-17)23(33-20)28-16-9-3-1-4-10-16/h1-14,20H,15H2,(H,29,31)/t20-/m0/s1. The van der Waals surface area contributed by atoms with Crippen LogP contribution in [0.5, 0.6) is 0 Å². The molecule has 4 rings (SSSR count). The summed E-state index contributed by atoms with van der Waals surface area (Å²) in [5, 5.41) is 1.87. The van der Waals surface area contributed by atoms with E-state index in [1.165, 1.54) is 23.1 Å². The predicted molar refractivity (Wildman–Crippen MR) is 124 cm³/mol. The molecule has 0 bridgehead atoms.